The van der Waals surface area contributed by atoms with E-state index < -0.39 is 0 Å². The standard InChI is InChI=1S/C18H19N3O2/c1-12-15-11-14(23-2)6-7-16(15)21-17(12)18(22)20-10-8-13-5-3-4-9-19-13/h3-7,9,11,21H,8,10H2,1-2H3,(H,20,22). The molecule has 0 saturated heterocycles. The smallest absolute Gasteiger partial charge is 0.268 e. The lowest BCUT2D eigenvalue weighted by molar-refractivity contribution is 0.0949. The van der Waals surface area contributed by atoms with Gasteiger partial charge < -0.3 is 15.0 Å². The molecule has 0 spiro atoms. The second-order valence-corrected chi connectivity index (χ2v) is 5.36. The Morgan fingerprint density at radius 2 is 2.17 bits per heavy atom. The van der Waals surface area contributed by atoms with Crippen LogP contribution in [0.15, 0.2) is 42.6 Å². The zero-order chi connectivity index (χ0) is 16.2. The number of ether oxygens (including phenoxy) is 1. The molecule has 0 unspecified atom stereocenters. The third kappa shape index (κ3) is 3.18. The number of methoxy groups -OCH3 is 1. The number of nitrogens with one attached hydrogen (secondary N) is 2. The second-order valence-electron chi connectivity index (χ2n) is 5.36. The highest BCUT2D eigenvalue weighted by molar-refractivity contribution is 6.01. The van der Waals surface area contributed by atoms with Gasteiger partial charge in [-0.1, -0.05) is 6.07 Å². The van der Waals surface area contributed by atoms with E-state index in [2.05, 4.69) is 15.3 Å². The highest BCUT2D eigenvalue weighted by Gasteiger charge is 2.14. The van der Waals surface area contributed by atoms with Gasteiger partial charge in [-0.05, 0) is 42.8 Å². The molecule has 0 bridgehead atoms. The molecule has 5 heteroatoms. The molecule has 0 aliphatic rings. The summed E-state index contributed by atoms with van der Waals surface area (Å²) >= 11 is 0. The van der Waals surface area contributed by atoms with Gasteiger partial charge in [0.25, 0.3) is 5.91 Å². The number of carbonyl (C=O) groups is 1. The van der Waals surface area contributed by atoms with Crippen LogP contribution < -0.4 is 10.1 Å². The molecule has 0 radical (unpaired) electrons. The van der Waals surface area contributed by atoms with E-state index in [1.165, 1.54) is 0 Å². The first-order valence-corrected chi connectivity index (χ1v) is 7.53. The Labute approximate surface area is 134 Å². The van der Waals surface area contributed by atoms with Crippen molar-refractivity contribution in [3.63, 3.8) is 0 Å². The van der Waals surface area contributed by atoms with E-state index >= 15 is 0 Å². The van der Waals surface area contributed by atoms with Crippen LogP contribution in [0, 0.1) is 6.92 Å². The number of H-pyrrole nitrogens is 1. The molecule has 5 nitrogen and oxygen atoms in total. The van der Waals surface area contributed by atoms with Crippen LogP contribution >= 0.6 is 0 Å². The number of benzene rings is 1. The van der Waals surface area contributed by atoms with E-state index in [0.29, 0.717) is 18.7 Å². The van der Waals surface area contributed by atoms with Gasteiger partial charge in [0.15, 0.2) is 0 Å². The second kappa shape index (κ2) is 6.52. The van der Waals surface area contributed by atoms with Gasteiger partial charge >= 0.3 is 0 Å². The molecule has 23 heavy (non-hydrogen) atoms. The van der Waals surface area contributed by atoms with Gasteiger partial charge in [0.1, 0.15) is 11.4 Å². The number of aryl methyl sites for hydroxylation is 1. The fourth-order valence-corrected chi connectivity index (χ4v) is 2.60. The minimum atomic E-state index is -0.103. The number of hydrogen-bond donors (Lipinski definition) is 2. The summed E-state index contributed by atoms with van der Waals surface area (Å²) in [4.78, 5) is 19.8. The number of amides is 1. The molecule has 1 amide bonds. The van der Waals surface area contributed by atoms with Crippen molar-refractivity contribution < 1.29 is 9.53 Å². The predicted octanol–water partition coefficient (Wildman–Crippen LogP) is 2.85. The van der Waals surface area contributed by atoms with Crippen molar-refractivity contribution in [3.8, 4) is 5.75 Å². The minimum absolute atomic E-state index is 0.103. The van der Waals surface area contributed by atoms with Crippen LogP contribution in [0.3, 0.4) is 0 Å². The fraction of sp³-hybridized carbons (Fsp3) is 0.222. The quantitative estimate of drug-likeness (QED) is 0.761. The molecule has 0 atom stereocenters. The minimum Gasteiger partial charge on any atom is -0.497 e. The highest BCUT2D eigenvalue weighted by atomic mass is 16.5. The number of carbonyl (C=O) groups excluding carboxylic acids is 1. The van der Waals surface area contributed by atoms with E-state index in [0.717, 1.165) is 27.9 Å². The average molecular weight is 309 g/mol. The number of fused-ring (bicyclic) bond motifs is 1. The van der Waals surface area contributed by atoms with Crippen LogP contribution in [-0.4, -0.2) is 29.5 Å². The largest absolute Gasteiger partial charge is 0.497 e. The molecule has 0 fully saturated rings. The normalized spacial score (nSPS) is 10.7. The van der Waals surface area contributed by atoms with Gasteiger partial charge in [-0.25, -0.2) is 0 Å². The van der Waals surface area contributed by atoms with E-state index in [1.807, 2.05) is 43.3 Å². The zero-order valence-corrected chi connectivity index (χ0v) is 13.2. The summed E-state index contributed by atoms with van der Waals surface area (Å²) in [7, 11) is 1.63. The van der Waals surface area contributed by atoms with Gasteiger partial charge in [0, 0.05) is 35.8 Å². The molecule has 1 aromatic carbocycles. The van der Waals surface area contributed by atoms with Crippen LogP contribution in [0.5, 0.6) is 5.75 Å². The van der Waals surface area contributed by atoms with Crippen LogP contribution in [0.4, 0.5) is 0 Å². The summed E-state index contributed by atoms with van der Waals surface area (Å²) in [5.41, 5.74) is 3.41. The lowest BCUT2D eigenvalue weighted by Crippen LogP contribution is -2.26. The van der Waals surface area contributed by atoms with Crippen LogP contribution in [0.1, 0.15) is 21.7 Å². The summed E-state index contributed by atoms with van der Waals surface area (Å²) in [5.74, 6) is 0.676. The van der Waals surface area contributed by atoms with Crippen molar-refractivity contribution in [3.05, 3.63) is 59.5 Å². The number of hydrogen-bond acceptors (Lipinski definition) is 3. The van der Waals surface area contributed by atoms with Gasteiger partial charge in [-0.2, -0.15) is 0 Å². The first-order valence-electron chi connectivity index (χ1n) is 7.53. The summed E-state index contributed by atoms with van der Waals surface area (Å²) < 4.78 is 5.24. The lowest BCUT2D eigenvalue weighted by atomic mass is 10.1. The van der Waals surface area contributed by atoms with Crippen molar-refractivity contribution >= 4 is 16.8 Å². The molecule has 2 aromatic heterocycles. The molecular formula is C18H19N3O2. The molecule has 2 N–H and O–H groups in total. The van der Waals surface area contributed by atoms with Crippen LogP contribution in [0.2, 0.25) is 0 Å². The third-order valence-electron chi connectivity index (χ3n) is 3.89. The first kappa shape index (κ1) is 15.1. The van der Waals surface area contributed by atoms with E-state index in [4.69, 9.17) is 4.74 Å². The maximum Gasteiger partial charge on any atom is 0.268 e. The van der Waals surface area contributed by atoms with E-state index in [-0.39, 0.29) is 5.91 Å². The Balaban J connectivity index is 1.72. The van der Waals surface area contributed by atoms with Crippen LogP contribution in [-0.2, 0) is 6.42 Å². The highest BCUT2D eigenvalue weighted by Crippen LogP contribution is 2.25. The lowest BCUT2D eigenvalue weighted by Gasteiger charge is -2.04. The monoisotopic (exact) mass is 309 g/mol. The molecule has 2 heterocycles. The topological polar surface area (TPSA) is 67.0 Å². The molecule has 3 aromatic rings. The molecule has 0 aliphatic heterocycles. The summed E-state index contributed by atoms with van der Waals surface area (Å²) in [6.07, 6.45) is 2.46. The Morgan fingerprint density at radius 1 is 1.30 bits per heavy atom. The Bertz CT molecular complexity index is 825. The van der Waals surface area contributed by atoms with Gasteiger partial charge in [0.2, 0.25) is 0 Å². The Kier molecular flexibility index (Phi) is 4.28. The van der Waals surface area contributed by atoms with E-state index in [9.17, 15) is 4.79 Å². The average Bonchev–Trinajstić information content (AvgIpc) is 2.92. The predicted molar refractivity (Wildman–Crippen MR) is 89.9 cm³/mol. The van der Waals surface area contributed by atoms with Crippen molar-refractivity contribution in [2.75, 3.05) is 13.7 Å². The summed E-state index contributed by atoms with van der Waals surface area (Å²) in [6, 6.07) is 11.5. The number of aromatic nitrogens is 2. The number of nitrogens with zero attached hydrogens (tertiary/aromatic N) is 1. The SMILES string of the molecule is COc1ccc2[nH]c(C(=O)NCCc3ccccn3)c(C)c2c1. The van der Waals surface area contributed by atoms with Crippen LogP contribution in [0.25, 0.3) is 10.9 Å². The van der Waals surface area contributed by atoms with Crippen molar-refractivity contribution in [2.45, 2.75) is 13.3 Å². The Hall–Kier alpha value is -2.82. The zero-order valence-electron chi connectivity index (χ0n) is 13.2. The van der Waals surface area contributed by atoms with Crippen molar-refractivity contribution in [1.82, 2.24) is 15.3 Å². The summed E-state index contributed by atoms with van der Waals surface area (Å²) in [5, 5.41) is 3.94. The fourth-order valence-electron chi connectivity index (χ4n) is 2.60. The number of pyridine rings is 1. The first-order chi connectivity index (χ1) is 11.2. The molecule has 118 valence electrons. The van der Waals surface area contributed by atoms with Gasteiger partial charge in [0.05, 0.1) is 7.11 Å². The van der Waals surface area contributed by atoms with Crippen molar-refractivity contribution in [2.24, 2.45) is 0 Å². The molecule has 0 saturated carbocycles. The third-order valence-corrected chi connectivity index (χ3v) is 3.89. The molecule has 3 rings (SSSR count). The molecule has 0 aliphatic carbocycles. The molecular weight excluding hydrogens is 290 g/mol. The Morgan fingerprint density at radius 3 is 2.91 bits per heavy atom. The van der Waals surface area contributed by atoms with Crippen molar-refractivity contribution in [1.29, 1.82) is 0 Å². The number of aromatic amines is 1. The summed E-state index contributed by atoms with van der Waals surface area (Å²) in [6.45, 7) is 2.49. The van der Waals surface area contributed by atoms with Gasteiger partial charge in [-0.3, -0.25) is 9.78 Å². The number of rotatable bonds is 5. The maximum absolute atomic E-state index is 12.4. The van der Waals surface area contributed by atoms with Gasteiger partial charge in [-0.15, -0.1) is 0 Å². The van der Waals surface area contributed by atoms with E-state index in [1.54, 1.807) is 13.3 Å². The maximum atomic E-state index is 12.4.